The van der Waals surface area contributed by atoms with Crippen LogP contribution < -0.4 is 26.1 Å². The van der Waals surface area contributed by atoms with Crippen molar-refractivity contribution in [2.75, 3.05) is 57.6 Å². The van der Waals surface area contributed by atoms with E-state index in [4.69, 9.17) is 24.9 Å². The Morgan fingerprint density at radius 3 is 2.83 bits per heavy atom. The maximum atomic E-state index is 12.8. The Morgan fingerprint density at radius 2 is 2.06 bits per heavy atom. The van der Waals surface area contributed by atoms with Crippen LogP contribution in [0.4, 0.5) is 11.8 Å². The number of methoxy groups -OCH3 is 1. The Kier molecular flexibility index (Phi) is 6.94. The lowest BCUT2D eigenvalue weighted by atomic mass is 10.2. The summed E-state index contributed by atoms with van der Waals surface area (Å²) in [6.07, 6.45) is 7.62. The molecule has 1 fully saturated rings. The molecular weight excluding hydrogens is 464 g/mol. The fourth-order valence-electron chi connectivity index (χ4n) is 4.14. The van der Waals surface area contributed by atoms with E-state index in [9.17, 15) is 4.79 Å². The van der Waals surface area contributed by atoms with Crippen molar-refractivity contribution < 1.29 is 19.0 Å². The molecule has 12 nitrogen and oxygen atoms in total. The molecule has 2 aliphatic rings. The quantitative estimate of drug-likeness (QED) is 0.462. The molecule has 188 valence electrons. The number of nitrogens with two attached hydrogens (primary N) is 1. The van der Waals surface area contributed by atoms with Gasteiger partial charge in [-0.1, -0.05) is 6.08 Å². The summed E-state index contributed by atoms with van der Waals surface area (Å²) in [5.74, 6) is 1.45. The lowest BCUT2D eigenvalue weighted by Gasteiger charge is -2.25. The monoisotopic (exact) mass is 492 g/mol. The SMILES string of the molecule is COc1c(OCC/C=C/N2CCOCC2)ccc2c3n(c(=NC(=O)c4cnc(N)nc4)nc12)CCN3. The van der Waals surface area contributed by atoms with Gasteiger partial charge in [0.2, 0.25) is 11.6 Å². The molecule has 1 aromatic carbocycles. The summed E-state index contributed by atoms with van der Waals surface area (Å²) >= 11 is 0. The molecule has 3 N–H and O–H groups in total. The third-order valence-electron chi connectivity index (χ3n) is 5.93. The van der Waals surface area contributed by atoms with E-state index >= 15 is 0 Å². The van der Waals surface area contributed by atoms with Gasteiger partial charge in [0.15, 0.2) is 11.5 Å². The Bertz CT molecular complexity index is 1350. The van der Waals surface area contributed by atoms with Crippen LogP contribution >= 0.6 is 0 Å². The number of aromatic nitrogens is 4. The van der Waals surface area contributed by atoms with E-state index in [1.807, 2.05) is 16.7 Å². The Balaban J connectivity index is 1.42. The van der Waals surface area contributed by atoms with Crippen LogP contribution in [0.1, 0.15) is 16.8 Å². The van der Waals surface area contributed by atoms with Gasteiger partial charge in [-0.3, -0.25) is 9.36 Å². The number of anilines is 2. The van der Waals surface area contributed by atoms with E-state index in [2.05, 4.69) is 37.5 Å². The van der Waals surface area contributed by atoms with Gasteiger partial charge in [0.1, 0.15) is 11.3 Å². The number of amides is 1. The highest BCUT2D eigenvalue weighted by molar-refractivity contribution is 5.96. The van der Waals surface area contributed by atoms with Gasteiger partial charge in [-0.05, 0) is 18.3 Å². The smallest absolute Gasteiger partial charge is 0.283 e. The number of fused-ring (bicyclic) bond motifs is 3. The van der Waals surface area contributed by atoms with E-state index < -0.39 is 5.91 Å². The van der Waals surface area contributed by atoms with Crippen molar-refractivity contribution in [3.8, 4) is 11.5 Å². The van der Waals surface area contributed by atoms with Crippen molar-refractivity contribution in [2.24, 2.45) is 4.99 Å². The summed E-state index contributed by atoms with van der Waals surface area (Å²) in [7, 11) is 1.57. The molecule has 12 heteroatoms. The van der Waals surface area contributed by atoms with E-state index in [0.29, 0.717) is 36.7 Å². The second kappa shape index (κ2) is 10.6. The van der Waals surface area contributed by atoms with E-state index in [1.54, 1.807) is 7.11 Å². The Hall–Kier alpha value is -4.19. The maximum absolute atomic E-state index is 12.8. The Morgan fingerprint density at radius 1 is 1.25 bits per heavy atom. The van der Waals surface area contributed by atoms with Crippen LogP contribution in [-0.2, 0) is 11.3 Å². The number of morpholine rings is 1. The highest BCUT2D eigenvalue weighted by Crippen LogP contribution is 2.37. The molecule has 2 aromatic heterocycles. The second-order valence-electron chi connectivity index (χ2n) is 8.25. The van der Waals surface area contributed by atoms with Crippen LogP contribution in [0.3, 0.4) is 0 Å². The normalized spacial score (nSPS) is 15.8. The van der Waals surface area contributed by atoms with Crippen LogP contribution in [0.15, 0.2) is 41.8 Å². The highest BCUT2D eigenvalue weighted by atomic mass is 16.5. The number of carbonyl (C=O) groups is 1. The van der Waals surface area contributed by atoms with Gasteiger partial charge in [-0.25, -0.2) is 15.0 Å². The van der Waals surface area contributed by atoms with Crippen LogP contribution in [0.2, 0.25) is 0 Å². The number of nitrogen functional groups attached to an aromatic ring is 1. The first kappa shape index (κ1) is 23.5. The summed E-state index contributed by atoms with van der Waals surface area (Å²) in [5.41, 5.74) is 6.56. The Labute approximate surface area is 207 Å². The third-order valence-corrected chi connectivity index (χ3v) is 5.93. The van der Waals surface area contributed by atoms with Gasteiger partial charge in [0.05, 0.1) is 32.5 Å². The molecule has 5 rings (SSSR count). The predicted octanol–water partition coefficient (Wildman–Crippen LogP) is 1.20. The maximum Gasteiger partial charge on any atom is 0.283 e. The van der Waals surface area contributed by atoms with Gasteiger partial charge >= 0.3 is 0 Å². The summed E-state index contributed by atoms with van der Waals surface area (Å²) in [6.45, 7) is 5.11. The summed E-state index contributed by atoms with van der Waals surface area (Å²) in [6, 6.07) is 3.82. The number of nitrogens with one attached hydrogen (secondary N) is 1. The number of benzene rings is 1. The highest BCUT2D eigenvalue weighted by Gasteiger charge is 2.21. The molecular formula is C24H28N8O4. The summed E-state index contributed by atoms with van der Waals surface area (Å²) < 4.78 is 19.0. The van der Waals surface area contributed by atoms with Gasteiger partial charge in [0.25, 0.3) is 5.91 Å². The topological polar surface area (TPSA) is 142 Å². The largest absolute Gasteiger partial charge is 0.491 e. The van der Waals surface area contributed by atoms with Gasteiger partial charge < -0.3 is 30.2 Å². The first-order valence-electron chi connectivity index (χ1n) is 11.8. The molecule has 0 atom stereocenters. The van der Waals surface area contributed by atoms with E-state index in [-0.39, 0.29) is 17.1 Å². The third kappa shape index (κ3) is 4.93. The molecule has 1 amide bonds. The van der Waals surface area contributed by atoms with E-state index in [0.717, 1.165) is 43.9 Å². The number of nitrogens with zero attached hydrogens (tertiary/aromatic N) is 6. The fourth-order valence-corrected chi connectivity index (χ4v) is 4.14. The molecule has 0 saturated carbocycles. The molecule has 36 heavy (non-hydrogen) atoms. The first-order chi connectivity index (χ1) is 17.6. The summed E-state index contributed by atoms with van der Waals surface area (Å²) in [5, 5.41) is 4.21. The molecule has 0 radical (unpaired) electrons. The lowest BCUT2D eigenvalue weighted by Crippen LogP contribution is -2.31. The number of rotatable bonds is 7. The average Bonchev–Trinajstić information content (AvgIpc) is 3.40. The lowest BCUT2D eigenvalue weighted by molar-refractivity contribution is 0.0592. The number of hydrogen-bond donors (Lipinski definition) is 2. The molecule has 0 unspecified atom stereocenters. The number of ether oxygens (including phenoxy) is 3. The van der Waals surface area contributed by atoms with Crippen molar-refractivity contribution in [1.29, 1.82) is 0 Å². The van der Waals surface area contributed by atoms with Crippen molar-refractivity contribution in [2.45, 2.75) is 13.0 Å². The van der Waals surface area contributed by atoms with Crippen molar-refractivity contribution >= 4 is 28.6 Å². The molecule has 2 aliphatic heterocycles. The standard InChI is InChI=1S/C24H28N8O4/c1-34-20-18(36-11-3-2-7-31-9-12-35-13-10-31)5-4-17-19(20)29-24(32-8-6-26-21(17)32)30-22(33)16-14-27-23(25)28-15-16/h2,4-5,7,14-15,26H,3,6,8-13H2,1H3,(H2,25,27,28)/b7-2+,30-24?. The van der Waals surface area contributed by atoms with Crippen LogP contribution in [0.25, 0.3) is 10.9 Å². The molecule has 0 bridgehead atoms. The zero-order valence-corrected chi connectivity index (χ0v) is 20.0. The number of carbonyl (C=O) groups excluding carboxylic acids is 1. The van der Waals surface area contributed by atoms with E-state index in [1.165, 1.54) is 12.4 Å². The molecule has 1 saturated heterocycles. The minimum Gasteiger partial charge on any atom is -0.491 e. The zero-order valence-electron chi connectivity index (χ0n) is 20.0. The number of hydrogen-bond acceptors (Lipinski definition) is 10. The van der Waals surface area contributed by atoms with Gasteiger partial charge in [-0.15, -0.1) is 0 Å². The van der Waals surface area contributed by atoms with Crippen molar-refractivity contribution in [3.05, 3.63) is 48.0 Å². The minimum absolute atomic E-state index is 0.0868. The molecule has 4 heterocycles. The van der Waals surface area contributed by atoms with Crippen LogP contribution in [-0.4, -0.2) is 76.9 Å². The molecule has 3 aromatic rings. The second-order valence-corrected chi connectivity index (χ2v) is 8.25. The fraction of sp³-hybridized carbons (Fsp3) is 0.375. The van der Waals surface area contributed by atoms with Crippen molar-refractivity contribution in [1.82, 2.24) is 24.4 Å². The van der Waals surface area contributed by atoms with Gasteiger partial charge in [-0.2, -0.15) is 4.99 Å². The molecule has 0 aliphatic carbocycles. The zero-order chi connectivity index (χ0) is 24.9. The van der Waals surface area contributed by atoms with Gasteiger partial charge in [0, 0.05) is 50.4 Å². The first-order valence-corrected chi connectivity index (χ1v) is 11.8. The van der Waals surface area contributed by atoms with Crippen LogP contribution in [0, 0.1) is 0 Å². The molecule has 0 spiro atoms. The van der Waals surface area contributed by atoms with Crippen molar-refractivity contribution in [3.63, 3.8) is 0 Å². The summed E-state index contributed by atoms with van der Waals surface area (Å²) in [4.78, 5) is 31.7. The predicted molar refractivity (Wildman–Crippen MR) is 133 cm³/mol. The average molecular weight is 493 g/mol. The minimum atomic E-state index is -0.512. The van der Waals surface area contributed by atoms with Crippen LogP contribution in [0.5, 0.6) is 11.5 Å².